The topological polar surface area (TPSA) is 62.2 Å². The molecular formula is C9H9BrN2O2. The first-order valence-electron chi connectivity index (χ1n) is 4.17. The zero-order valence-electron chi connectivity index (χ0n) is 7.54. The number of nitrogens with one attached hydrogen (secondary N) is 1. The molecule has 74 valence electrons. The van der Waals surface area contributed by atoms with Gasteiger partial charge in [0.25, 0.3) is 5.91 Å². The number of carbonyl (C=O) groups is 1. The molecule has 0 saturated heterocycles. The molecule has 1 aromatic rings. The maximum atomic E-state index is 11.4. The summed E-state index contributed by atoms with van der Waals surface area (Å²) in [6, 6.07) is 1.84. The molecule has 0 unspecified atom stereocenters. The summed E-state index contributed by atoms with van der Waals surface area (Å²) in [5.41, 5.74) is -0.501. The molecule has 1 aliphatic rings. The molecule has 2 heterocycles. The van der Waals surface area contributed by atoms with E-state index in [4.69, 9.17) is 0 Å². The van der Waals surface area contributed by atoms with Gasteiger partial charge in [-0.2, -0.15) is 0 Å². The average Bonchev–Trinajstić information content (AvgIpc) is 2.07. The number of amides is 1. The van der Waals surface area contributed by atoms with Crippen LogP contribution in [0.5, 0.6) is 0 Å². The molecule has 1 aliphatic heterocycles. The molecule has 0 aliphatic carbocycles. The van der Waals surface area contributed by atoms with E-state index >= 15 is 0 Å². The zero-order valence-corrected chi connectivity index (χ0v) is 9.13. The highest BCUT2D eigenvalue weighted by Crippen LogP contribution is 2.27. The molecule has 0 spiro atoms. The van der Waals surface area contributed by atoms with Crippen molar-refractivity contribution in [2.75, 3.05) is 5.32 Å². The Balaban J connectivity index is 2.46. The summed E-state index contributed by atoms with van der Waals surface area (Å²) in [7, 11) is 0. The summed E-state index contributed by atoms with van der Waals surface area (Å²) < 4.78 is 0.836. The smallest absolute Gasteiger partial charge is 0.257 e. The molecule has 4 nitrogen and oxygen atoms in total. The lowest BCUT2D eigenvalue weighted by molar-refractivity contribution is -0.132. The number of fused-ring (bicyclic) bond motifs is 1. The zero-order chi connectivity index (χ0) is 10.3. The standard InChI is InChI=1S/C9H9BrN2O2/c1-9(14)3-5-2-6(10)4-11-7(5)12-8(9)13/h2,4,14H,3H2,1H3,(H,11,12,13)/t9-/m1/s1. The monoisotopic (exact) mass is 256 g/mol. The van der Waals surface area contributed by atoms with Gasteiger partial charge in [-0.05, 0) is 34.5 Å². The minimum absolute atomic E-state index is 0.292. The fourth-order valence-corrected chi connectivity index (χ4v) is 1.80. The molecule has 0 aromatic carbocycles. The van der Waals surface area contributed by atoms with Crippen LogP contribution in [0.2, 0.25) is 0 Å². The lowest BCUT2D eigenvalue weighted by atomic mass is 9.93. The summed E-state index contributed by atoms with van der Waals surface area (Å²) in [5.74, 6) is 0.129. The maximum Gasteiger partial charge on any atom is 0.257 e. The molecule has 0 radical (unpaired) electrons. The third-order valence-electron chi connectivity index (χ3n) is 2.19. The number of hydrogen-bond acceptors (Lipinski definition) is 3. The third-order valence-corrected chi connectivity index (χ3v) is 2.62. The molecule has 1 amide bonds. The molecule has 14 heavy (non-hydrogen) atoms. The van der Waals surface area contributed by atoms with Gasteiger partial charge in [-0.15, -0.1) is 0 Å². The molecular weight excluding hydrogens is 248 g/mol. The van der Waals surface area contributed by atoms with Gasteiger partial charge in [-0.1, -0.05) is 0 Å². The van der Waals surface area contributed by atoms with Crippen LogP contribution in [0, 0.1) is 0 Å². The molecule has 0 saturated carbocycles. The van der Waals surface area contributed by atoms with E-state index in [2.05, 4.69) is 26.2 Å². The molecule has 5 heteroatoms. The Morgan fingerprint density at radius 3 is 3.14 bits per heavy atom. The van der Waals surface area contributed by atoms with E-state index in [-0.39, 0.29) is 0 Å². The van der Waals surface area contributed by atoms with Gasteiger partial charge in [0.1, 0.15) is 11.4 Å². The SMILES string of the molecule is C[C@@]1(O)Cc2cc(Br)cnc2NC1=O. The first-order valence-corrected chi connectivity index (χ1v) is 4.96. The summed E-state index contributed by atoms with van der Waals surface area (Å²) in [6.07, 6.45) is 1.90. The van der Waals surface area contributed by atoms with E-state index < -0.39 is 11.5 Å². The van der Waals surface area contributed by atoms with Gasteiger partial charge in [-0.3, -0.25) is 4.79 Å². The van der Waals surface area contributed by atoms with Crippen LogP contribution in [-0.2, 0) is 11.2 Å². The lowest BCUT2D eigenvalue weighted by Crippen LogP contribution is -2.45. The normalized spacial score (nSPS) is 25.5. The summed E-state index contributed by atoms with van der Waals surface area (Å²) >= 11 is 3.29. The number of carbonyl (C=O) groups excluding carboxylic acids is 1. The largest absolute Gasteiger partial charge is 0.380 e. The van der Waals surface area contributed by atoms with E-state index in [1.54, 1.807) is 6.20 Å². The van der Waals surface area contributed by atoms with Crippen molar-refractivity contribution in [3.05, 3.63) is 22.3 Å². The lowest BCUT2D eigenvalue weighted by Gasteiger charge is -2.28. The van der Waals surface area contributed by atoms with E-state index in [0.29, 0.717) is 12.2 Å². The van der Waals surface area contributed by atoms with E-state index in [9.17, 15) is 9.90 Å². The van der Waals surface area contributed by atoms with Crippen LogP contribution in [-0.4, -0.2) is 21.6 Å². The predicted octanol–water partition coefficient (Wildman–Crippen LogP) is 1.09. The fraction of sp³-hybridized carbons (Fsp3) is 0.333. The average molecular weight is 257 g/mol. The van der Waals surface area contributed by atoms with Crippen molar-refractivity contribution >= 4 is 27.7 Å². The number of rotatable bonds is 0. The van der Waals surface area contributed by atoms with Crippen LogP contribution in [0.25, 0.3) is 0 Å². The second-order valence-corrected chi connectivity index (χ2v) is 4.48. The number of aromatic nitrogens is 1. The van der Waals surface area contributed by atoms with Gasteiger partial charge in [0.15, 0.2) is 0 Å². The Hall–Kier alpha value is -0.940. The third kappa shape index (κ3) is 1.53. The van der Waals surface area contributed by atoms with Crippen molar-refractivity contribution in [3.63, 3.8) is 0 Å². The van der Waals surface area contributed by atoms with E-state index in [1.165, 1.54) is 6.92 Å². The Labute approximate surface area is 89.5 Å². The van der Waals surface area contributed by atoms with Crippen molar-refractivity contribution in [2.45, 2.75) is 18.9 Å². The van der Waals surface area contributed by atoms with Crippen molar-refractivity contribution in [1.29, 1.82) is 0 Å². The number of aliphatic hydroxyl groups is 1. The van der Waals surface area contributed by atoms with Gasteiger partial charge in [-0.25, -0.2) is 4.98 Å². The Morgan fingerprint density at radius 2 is 2.43 bits per heavy atom. The van der Waals surface area contributed by atoms with Gasteiger partial charge >= 0.3 is 0 Å². The Kier molecular flexibility index (Phi) is 2.08. The first kappa shape index (κ1) is 9.61. The van der Waals surface area contributed by atoms with Crippen molar-refractivity contribution < 1.29 is 9.90 Å². The highest BCUT2D eigenvalue weighted by molar-refractivity contribution is 9.10. The molecule has 0 bridgehead atoms. The van der Waals surface area contributed by atoms with Gasteiger partial charge in [0, 0.05) is 17.1 Å². The molecule has 2 N–H and O–H groups in total. The Morgan fingerprint density at radius 1 is 1.71 bits per heavy atom. The van der Waals surface area contributed by atoms with Crippen molar-refractivity contribution in [2.24, 2.45) is 0 Å². The van der Waals surface area contributed by atoms with Gasteiger partial charge in [0.2, 0.25) is 0 Å². The van der Waals surface area contributed by atoms with E-state index in [0.717, 1.165) is 10.0 Å². The van der Waals surface area contributed by atoms with Crippen LogP contribution >= 0.6 is 15.9 Å². The Bertz CT molecular complexity index is 404. The van der Waals surface area contributed by atoms with Crippen LogP contribution in [0.15, 0.2) is 16.7 Å². The molecule has 2 rings (SSSR count). The van der Waals surface area contributed by atoms with Crippen molar-refractivity contribution in [1.82, 2.24) is 4.98 Å². The number of hydrogen-bond donors (Lipinski definition) is 2. The molecule has 1 aromatic heterocycles. The molecule has 0 fully saturated rings. The maximum absolute atomic E-state index is 11.4. The number of pyridine rings is 1. The second kappa shape index (κ2) is 3.03. The second-order valence-electron chi connectivity index (χ2n) is 3.57. The van der Waals surface area contributed by atoms with Crippen LogP contribution in [0.4, 0.5) is 5.82 Å². The highest BCUT2D eigenvalue weighted by atomic mass is 79.9. The van der Waals surface area contributed by atoms with Crippen LogP contribution < -0.4 is 5.32 Å². The van der Waals surface area contributed by atoms with E-state index in [1.807, 2.05) is 6.07 Å². The first-order chi connectivity index (χ1) is 6.49. The predicted molar refractivity (Wildman–Crippen MR) is 54.9 cm³/mol. The van der Waals surface area contributed by atoms with Gasteiger partial charge in [0.05, 0.1) is 0 Å². The van der Waals surface area contributed by atoms with Crippen molar-refractivity contribution in [3.8, 4) is 0 Å². The van der Waals surface area contributed by atoms with Crippen LogP contribution in [0.3, 0.4) is 0 Å². The quantitative estimate of drug-likeness (QED) is 0.731. The number of halogens is 1. The van der Waals surface area contributed by atoms with Gasteiger partial charge < -0.3 is 10.4 Å². The summed E-state index contributed by atoms with van der Waals surface area (Å²) in [6.45, 7) is 1.49. The minimum Gasteiger partial charge on any atom is -0.380 e. The summed E-state index contributed by atoms with van der Waals surface area (Å²) in [5, 5.41) is 12.3. The van der Waals surface area contributed by atoms with Crippen LogP contribution in [0.1, 0.15) is 12.5 Å². The highest BCUT2D eigenvalue weighted by Gasteiger charge is 2.36. The summed E-state index contributed by atoms with van der Waals surface area (Å²) in [4.78, 5) is 15.4. The fourth-order valence-electron chi connectivity index (χ4n) is 1.42. The number of nitrogens with zero attached hydrogens (tertiary/aromatic N) is 1. The minimum atomic E-state index is -1.34. The number of anilines is 1. The molecule has 1 atom stereocenters.